The van der Waals surface area contributed by atoms with Gasteiger partial charge in [0.25, 0.3) is 0 Å². The fourth-order valence-electron chi connectivity index (χ4n) is 4.47. The number of likely N-dealkylation sites (N-methyl/N-ethyl adjacent to an activating group) is 2. The highest BCUT2D eigenvalue weighted by atomic mass is 19.1. The predicted molar refractivity (Wildman–Crippen MR) is 147 cm³/mol. The predicted octanol–water partition coefficient (Wildman–Crippen LogP) is 4.32. The first-order valence-electron chi connectivity index (χ1n) is 12.3. The number of aromatic amines is 1. The molecule has 2 N–H and O–H groups in total. The maximum absolute atomic E-state index is 15.2. The molecule has 3 aromatic carbocycles. The first kappa shape index (κ1) is 26.9. The number of anilines is 1. The number of methoxy groups -OCH3 is 1. The number of halogens is 1. The Morgan fingerprint density at radius 1 is 1.07 bits per heavy atom. The number of hydrogen-bond donors (Lipinski definition) is 2. The minimum absolute atomic E-state index is 0.112. The molecular weight excluding hydrogens is 519 g/mol. The molecule has 206 valence electrons. The van der Waals surface area contributed by atoms with Crippen LogP contribution in [0.3, 0.4) is 0 Å². The molecule has 1 aliphatic rings. The molecule has 2 heterocycles. The summed E-state index contributed by atoms with van der Waals surface area (Å²) in [7, 11) is 6.31. The van der Waals surface area contributed by atoms with E-state index in [4.69, 9.17) is 19.5 Å². The molecule has 0 unspecified atom stereocenters. The maximum Gasteiger partial charge on any atom is 0.337 e. The first-order valence-corrected chi connectivity index (χ1v) is 12.3. The van der Waals surface area contributed by atoms with Gasteiger partial charge in [0.15, 0.2) is 11.6 Å². The van der Waals surface area contributed by atoms with Crippen molar-refractivity contribution in [3.63, 3.8) is 0 Å². The van der Waals surface area contributed by atoms with Crippen molar-refractivity contribution in [1.29, 1.82) is 0 Å². The number of nitrogens with one attached hydrogen (secondary N) is 1. The Labute approximate surface area is 229 Å². The lowest BCUT2D eigenvalue weighted by molar-refractivity contribution is -0.194. The number of rotatable bonds is 7. The third-order valence-electron chi connectivity index (χ3n) is 6.50. The van der Waals surface area contributed by atoms with Crippen molar-refractivity contribution in [3.8, 4) is 11.6 Å². The van der Waals surface area contributed by atoms with E-state index in [2.05, 4.69) is 4.98 Å². The van der Waals surface area contributed by atoms with Crippen LogP contribution in [0.15, 0.2) is 59.6 Å². The van der Waals surface area contributed by atoms with Crippen molar-refractivity contribution in [2.75, 3.05) is 39.7 Å². The van der Waals surface area contributed by atoms with Crippen LogP contribution in [-0.4, -0.2) is 67.4 Å². The lowest BCUT2D eigenvalue weighted by atomic mass is 9.98. The standard InChI is InChI=1S/C29H27FN4O6/c1-33(2)14-25(35)34(3)23-10-8-19(13-21(23)30)31-27(16-5-6-18-15-39-40-24(18)12-16)26-20-9-7-17(29(37)38-4)11-22(20)32-28(26)36/h5-13,32,36H,14-15H2,1-4H3. The van der Waals surface area contributed by atoms with E-state index in [0.717, 1.165) is 5.56 Å². The molecule has 1 aliphatic heterocycles. The van der Waals surface area contributed by atoms with Gasteiger partial charge in [-0.1, -0.05) is 18.2 Å². The molecule has 0 aliphatic carbocycles. The zero-order valence-corrected chi connectivity index (χ0v) is 22.3. The highest BCUT2D eigenvalue weighted by Gasteiger charge is 2.23. The molecule has 11 heteroatoms. The molecule has 0 atom stereocenters. The van der Waals surface area contributed by atoms with Gasteiger partial charge >= 0.3 is 5.97 Å². The van der Waals surface area contributed by atoms with Crippen LogP contribution in [0.5, 0.6) is 11.6 Å². The largest absolute Gasteiger partial charge is 0.494 e. The van der Waals surface area contributed by atoms with E-state index < -0.39 is 11.8 Å². The summed E-state index contributed by atoms with van der Waals surface area (Å²) in [5, 5.41) is 11.6. The number of carbonyl (C=O) groups excluding carboxylic acids is 2. The van der Waals surface area contributed by atoms with Crippen LogP contribution in [0, 0.1) is 5.82 Å². The summed E-state index contributed by atoms with van der Waals surface area (Å²) in [5.41, 5.74) is 3.21. The van der Waals surface area contributed by atoms with Crippen molar-refractivity contribution in [2.24, 2.45) is 4.99 Å². The van der Waals surface area contributed by atoms with E-state index in [0.29, 0.717) is 45.7 Å². The van der Waals surface area contributed by atoms with Crippen molar-refractivity contribution in [3.05, 3.63) is 82.7 Å². The normalized spacial score (nSPS) is 12.9. The smallest absolute Gasteiger partial charge is 0.337 e. The van der Waals surface area contributed by atoms with E-state index in [-0.39, 0.29) is 29.7 Å². The second-order valence-corrected chi connectivity index (χ2v) is 9.56. The van der Waals surface area contributed by atoms with Crippen LogP contribution in [0.2, 0.25) is 0 Å². The number of carbonyl (C=O) groups is 2. The van der Waals surface area contributed by atoms with Gasteiger partial charge in [0.05, 0.1) is 41.9 Å². The fraction of sp³-hybridized carbons (Fsp3) is 0.207. The number of fused-ring (bicyclic) bond motifs is 2. The molecular formula is C29H27FN4O6. The number of ether oxygens (including phenoxy) is 1. The lowest BCUT2D eigenvalue weighted by Crippen LogP contribution is -2.35. The van der Waals surface area contributed by atoms with Crippen LogP contribution < -0.4 is 9.79 Å². The number of amides is 1. The molecule has 40 heavy (non-hydrogen) atoms. The minimum atomic E-state index is -0.633. The molecule has 0 radical (unpaired) electrons. The number of hydrogen-bond acceptors (Lipinski definition) is 8. The highest BCUT2D eigenvalue weighted by molar-refractivity contribution is 6.22. The Bertz CT molecular complexity index is 1660. The first-order chi connectivity index (χ1) is 19.2. The lowest BCUT2D eigenvalue weighted by Gasteiger charge is -2.20. The molecule has 0 spiro atoms. The van der Waals surface area contributed by atoms with Crippen molar-refractivity contribution >= 4 is 39.9 Å². The summed E-state index contributed by atoms with van der Waals surface area (Å²) in [6.07, 6.45) is 0. The second kappa shape index (κ2) is 10.8. The molecule has 10 nitrogen and oxygen atoms in total. The van der Waals surface area contributed by atoms with Gasteiger partial charge in [-0.15, -0.1) is 0 Å². The Kier molecular flexibility index (Phi) is 7.24. The number of aliphatic imine (C=N–C) groups is 1. The Morgan fingerprint density at radius 2 is 1.85 bits per heavy atom. The van der Waals surface area contributed by atoms with Gasteiger partial charge < -0.3 is 29.5 Å². The van der Waals surface area contributed by atoms with E-state index in [1.54, 1.807) is 55.4 Å². The average molecular weight is 547 g/mol. The maximum atomic E-state index is 15.2. The van der Waals surface area contributed by atoms with Crippen molar-refractivity contribution in [1.82, 2.24) is 9.88 Å². The average Bonchev–Trinajstić information content (AvgIpc) is 3.53. The number of benzene rings is 3. The van der Waals surface area contributed by atoms with E-state index in [9.17, 15) is 14.7 Å². The molecule has 1 aromatic heterocycles. The van der Waals surface area contributed by atoms with E-state index in [1.807, 2.05) is 6.07 Å². The number of esters is 1. The van der Waals surface area contributed by atoms with Gasteiger partial charge in [-0.3, -0.25) is 4.79 Å². The number of aromatic nitrogens is 1. The van der Waals surface area contributed by atoms with Gasteiger partial charge in [-0.2, -0.15) is 4.89 Å². The molecule has 0 bridgehead atoms. The van der Waals surface area contributed by atoms with Crippen molar-refractivity contribution < 1.29 is 33.6 Å². The van der Waals surface area contributed by atoms with Crippen LogP contribution in [0.1, 0.15) is 27.0 Å². The van der Waals surface area contributed by atoms with Crippen LogP contribution in [0.25, 0.3) is 10.9 Å². The van der Waals surface area contributed by atoms with Crippen LogP contribution >= 0.6 is 0 Å². The Morgan fingerprint density at radius 3 is 2.58 bits per heavy atom. The molecule has 0 saturated heterocycles. The van der Waals surface area contributed by atoms with E-state index >= 15 is 4.39 Å². The number of H-pyrrole nitrogens is 1. The van der Waals surface area contributed by atoms with Gasteiger partial charge in [0.2, 0.25) is 5.91 Å². The SMILES string of the molecule is COC(=O)c1ccc2c(C(=Nc3ccc(N(C)C(=O)CN(C)C)c(F)c3)c3ccc4c(c3)OOC4)c(O)[nH]c2c1. The zero-order valence-electron chi connectivity index (χ0n) is 22.3. The summed E-state index contributed by atoms with van der Waals surface area (Å²) in [5.74, 6) is -1.12. The summed E-state index contributed by atoms with van der Waals surface area (Å²) in [6, 6.07) is 14.5. The Hall–Kier alpha value is -4.74. The second-order valence-electron chi connectivity index (χ2n) is 9.56. The van der Waals surface area contributed by atoms with Crippen molar-refractivity contribution in [2.45, 2.75) is 6.61 Å². The molecule has 1 amide bonds. The highest BCUT2D eigenvalue weighted by Crippen LogP contribution is 2.35. The third-order valence-corrected chi connectivity index (χ3v) is 6.50. The molecule has 4 aromatic rings. The van der Waals surface area contributed by atoms with Gasteiger partial charge in [0.1, 0.15) is 12.4 Å². The van der Waals surface area contributed by atoms with Crippen LogP contribution in [-0.2, 0) is 21.0 Å². The topological polar surface area (TPSA) is 117 Å². The fourth-order valence-corrected chi connectivity index (χ4v) is 4.47. The summed E-state index contributed by atoms with van der Waals surface area (Å²) in [4.78, 5) is 45.4. The zero-order chi connectivity index (χ0) is 28.6. The monoisotopic (exact) mass is 546 g/mol. The minimum Gasteiger partial charge on any atom is -0.494 e. The number of aromatic hydroxyl groups is 1. The summed E-state index contributed by atoms with van der Waals surface area (Å²) in [6.45, 7) is 0.422. The van der Waals surface area contributed by atoms with E-state index in [1.165, 1.54) is 31.2 Å². The quantitative estimate of drug-likeness (QED) is 0.202. The number of nitrogens with zero attached hydrogens (tertiary/aromatic N) is 3. The third kappa shape index (κ3) is 5.12. The molecule has 0 fully saturated rings. The summed E-state index contributed by atoms with van der Waals surface area (Å²) >= 11 is 0. The molecule has 0 saturated carbocycles. The Balaban J connectivity index is 1.63. The summed E-state index contributed by atoms with van der Waals surface area (Å²) < 4.78 is 20.1. The van der Waals surface area contributed by atoms with Gasteiger partial charge in [-0.05, 0) is 44.4 Å². The van der Waals surface area contributed by atoms with Crippen LogP contribution in [0.4, 0.5) is 15.8 Å². The van der Waals surface area contributed by atoms with Gasteiger partial charge in [0, 0.05) is 35.1 Å². The molecule has 5 rings (SSSR count). The van der Waals surface area contributed by atoms with Gasteiger partial charge in [-0.25, -0.2) is 14.2 Å².